The number of ether oxygens (including phenoxy) is 3. The highest BCUT2D eigenvalue weighted by atomic mass is 35.5. The van der Waals surface area contributed by atoms with Gasteiger partial charge in [0.15, 0.2) is 6.61 Å². The van der Waals surface area contributed by atoms with E-state index in [-0.39, 0.29) is 13.0 Å². The van der Waals surface area contributed by atoms with Gasteiger partial charge in [0.1, 0.15) is 11.5 Å². The highest BCUT2D eigenvalue weighted by molar-refractivity contribution is 6.32. The van der Waals surface area contributed by atoms with Crippen LogP contribution in [-0.2, 0) is 20.7 Å². The largest absolute Gasteiger partial charge is 0.495 e. The second kappa shape index (κ2) is 10.4. The third kappa shape index (κ3) is 6.49. The molecule has 0 spiro atoms. The lowest BCUT2D eigenvalue weighted by Gasteiger charge is -2.10. The van der Waals surface area contributed by atoms with Gasteiger partial charge in [-0.1, -0.05) is 29.8 Å². The lowest BCUT2D eigenvalue weighted by atomic mass is 10.1. The van der Waals surface area contributed by atoms with Crippen LogP contribution < -0.4 is 14.8 Å². The summed E-state index contributed by atoms with van der Waals surface area (Å²) in [7, 11) is 1.51. The van der Waals surface area contributed by atoms with Gasteiger partial charge in [-0.2, -0.15) is 0 Å². The Bertz CT molecular complexity index is 794. The number of hydrogen-bond donors (Lipinski definition) is 1. The van der Waals surface area contributed by atoms with Crippen molar-refractivity contribution in [2.24, 2.45) is 0 Å². The first-order chi connectivity index (χ1) is 13.0. The van der Waals surface area contributed by atoms with E-state index in [0.29, 0.717) is 29.5 Å². The topological polar surface area (TPSA) is 73.9 Å². The Balaban J connectivity index is 1.78. The highest BCUT2D eigenvalue weighted by Crippen LogP contribution is 2.27. The van der Waals surface area contributed by atoms with Gasteiger partial charge in [-0.15, -0.1) is 0 Å². The van der Waals surface area contributed by atoms with Crippen molar-refractivity contribution < 1.29 is 23.8 Å². The molecule has 0 atom stereocenters. The first kappa shape index (κ1) is 20.6. The summed E-state index contributed by atoms with van der Waals surface area (Å²) in [6.45, 7) is 2.09. The van der Waals surface area contributed by atoms with Crippen LogP contribution in [0, 0.1) is 0 Å². The molecule has 0 aliphatic rings. The number of amides is 1. The first-order valence-electron chi connectivity index (χ1n) is 8.53. The fourth-order valence-electron chi connectivity index (χ4n) is 2.40. The van der Waals surface area contributed by atoms with E-state index < -0.39 is 11.9 Å². The molecule has 0 bridgehead atoms. The van der Waals surface area contributed by atoms with Gasteiger partial charge >= 0.3 is 5.97 Å². The Kier molecular flexibility index (Phi) is 7.95. The van der Waals surface area contributed by atoms with Gasteiger partial charge in [0.2, 0.25) is 0 Å². The van der Waals surface area contributed by atoms with Crippen LogP contribution in [0.1, 0.15) is 18.9 Å². The number of para-hydroxylation sites is 1. The van der Waals surface area contributed by atoms with Crippen LogP contribution in [0.5, 0.6) is 11.5 Å². The summed E-state index contributed by atoms with van der Waals surface area (Å²) in [5.41, 5.74) is 1.42. The lowest BCUT2D eigenvalue weighted by Crippen LogP contribution is -2.21. The zero-order valence-corrected chi connectivity index (χ0v) is 16.0. The molecule has 0 aliphatic heterocycles. The number of carbonyl (C=O) groups excluding carboxylic acids is 2. The average molecular weight is 392 g/mol. The van der Waals surface area contributed by atoms with Crippen molar-refractivity contribution in [2.45, 2.75) is 19.8 Å². The molecule has 0 saturated heterocycles. The third-order valence-electron chi connectivity index (χ3n) is 3.67. The second-order valence-electron chi connectivity index (χ2n) is 5.60. The predicted molar refractivity (Wildman–Crippen MR) is 104 cm³/mol. The maximum absolute atomic E-state index is 11.9. The number of aryl methyl sites for hydroxylation is 1. The molecule has 7 heteroatoms. The SMILES string of the molecule is CCOc1ccccc1CCC(=O)OCC(=O)Nc1ccc(OC)c(Cl)c1. The molecule has 144 valence electrons. The monoisotopic (exact) mass is 391 g/mol. The Morgan fingerprint density at radius 2 is 1.89 bits per heavy atom. The van der Waals surface area contributed by atoms with Gasteiger partial charge in [0, 0.05) is 12.1 Å². The van der Waals surface area contributed by atoms with Crippen LogP contribution in [0.4, 0.5) is 5.69 Å². The maximum atomic E-state index is 11.9. The summed E-state index contributed by atoms with van der Waals surface area (Å²) in [5, 5.41) is 2.99. The second-order valence-corrected chi connectivity index (χ2v) is 6.01. The van der Waals surface area contributed by atoms with Crippen LogP contribution in [0.25, 0.3) is 0 Å². The van der Waals surface area contributed by atoms with Gasteiger partial charge in [0.05, 0.1) is 18.7 Å². The van der Waals surface area contributed by atoms with Gasteiger partial charge in [-0.25, -0.2) is 0 Å². The number of anilines is 1. The minimum Gasteiger partial charge on any atom is -0.495 e. The van der Waals surface area contributed by atoms with Gasteiger partial charge in [-0.3, -0.25) is 9.59 Å². The molecule has 0 unspecified atom stereocenters. The van der Waals surface area contributed by atoms with E-state index >= 15 is 0 Å². The Morgan fingerprint density at radius 3 is 2.59 bits per heavy atom. The van der Waals surface area contributed by atoms with E-state index in [1.54, 1.807) is 18.2 Å². The summed E-state index contributed by atoms with van der Waals surface area (Å²) >= 11 is 6.00. The molecule has 0 fully saturated rings. The molecule has 1 N–H and O–H groups in total. The zero-order valence-electron chi connectivity index (χ0n) is 15.3. The minimum atomic E-state index is -0.454. The molecule has 0 heterocycles. The van der Waals surface area contributed by atoms with E-state index in [2.05, 4.69) is 5.32 Å². The smallest absolute Gasteiger partial charge is 0.306 e. The van der Waals surface area contributed by atoms with Gasteiger partial charge in [0.25, 0.3) is 5.91 Å². The molecule has 0 aliphatic carbocycles. The Morgan fingerprint density at radius 1 is 1.11 bits per heavy atom. The molecular formula is C20H22ClNO5. The molecule has 0 radical (unpaired) electrons. The molecule has 2 rings (SSSR count). The quantitative estimate of drug-likeness (QED) is 0.657. The van der Waals surface area contributed by atoms with Crippen molar-refractivity contribution in [3.05, 3.63) is 53.1 Å². The number of esters is 1. The molecule has 2 aromatic carbocycles. The number of carbonyl (C=O) groups is 2. The molecule has 27 heavy (non-hydrogen) atoms. The summed E-state index contributed by atoms with van der Waals surface area (Å²) in [4.78, 5) is 23.8. The molecular weight excluding hydrogens is 370 g/mol. The molecule has 0 aromatic heterocycles. The van der Waals surface area contributed by atoms with Crippen molar-refractivity contribution in [2.75, 3.05) is 25.6 Å². The third-order valence-corrected chi connectivity index (χ3v) is 3.97. The number of methoxy groups -OCH3 is 1. The number of halogens is 1. The number of nitrogens with one attached hydrogen (secondary N) is 1. The van der Waals surface area contributed by atoms with Crippen molar-refractivity contribution in [3.63, 3.8) is 0 Å². The first-order valence-corrected chi connectivity index (χ1v) is 8.91. The van der Waals surface area contributed by atoms with E-state index in [9.17, 15) is 9.59 Å². The summed E-state index contributed by atoms with van der Waals surface area (Å²) < 4.78 is 15.6. The fourth-order valence-corrected chi connectivity index (χ4v) is 2.66. The fraction of sp³-hybridized carbons (Fsp3) is 0.300. The van der Waals surface area contributed by atoms with Crippen LogP contribution in [0.2, 0.25) is 5.02 Å². The van der Waals surface area contributed by atoms with E-state index in [1.807, 2.05) is 31.2 Å². The average Bonchev–Trinajstić information content (AvgIpc) is 2.66. The molecule has 1 amide bonds. The minimum absolute atomic E-state index is 0.158. The summed E-state index contributed by atoms with van der Waals surface area (Å²) in [6, 6.07) is 12.4. The van der Waals surface area contributed by atoms with Crippen LogP contribution in [0.3, 0.4) is 0 Å². The van der Waals surface area contributed by atoms with Crippen molar-refractivity contribution in [3.8, 4) is 11.5 Å². The van der Waals surface area contributed by atoms with Gasteiger partial charge in [-0.05, 0) is 43.2 Å². The number of rotatable bonds is 9. The van der Waals surface area contributed by atoms with E-state index in [1.165, 1.54) is 7.11 Å². The van der Waals surface area contributed by atoms with Crippen molar-refractivity contribution in [1.82, 2.24) is 0 Å². The van der Waals surface area contributed by atoms with Crippen LogP contribution >= 0.6 is 11.6 Å². The van der Waals surface area contributed by atoms with Crippen molar-refractivity contribution >= 4 is 29.2 Å². The van der Waals surface area contributed by atoms with E-state index in [4.69, 9.17) is 25.8 Å². The maximum Gasteiger partial charge on any atom is 0.306 e. The van der Waals surface area contributed by atoms with Gasteiger partial charge < -0.3 is 19.5 Å². The summed E-state index contributed by atoms with van der Waals surface area (Å²) in [5.74, 6) is 0.360. The number of benzene rings is 2. The standard InChI is InChI=1S/C20H22ClNO5/c1-3-26-17-7-5-4-6-14(17)8-11-20(24)27-13-19(23)22-15-9-10-18(25-2)16(21)12-15/h4-7,9-10,12H,3,8,11,13H2,1-2H3,(H,22,23). The van der Waals surface area contributed by atoms with Crippen LogP contribution in [-0.4, -0.2) is 32.2 Å². The highest BCUT2D eigenvalue weighted by Gasteiger charge is 2.11. The number of hydrogen-bond acceptors (Lipinski definition) is 5. The Hall–Kier alpha value is -2.73. The van der Waals surface area contributed by atoms with Crippen LogP contribution in [0.15, 0.2) is 42.5 Å². The van der Waals surface area contributed by atoms with Crippen molar-refractivity contribution in [1.29, 1.82) is 0 Å². The van der Waals surface area contributed by atoms with E-state index in [0.717, 1.165) is 11.3 Å². The normalized spacial score (nSPS) is 10.2. The molecule has 6 nitrogen and oxygen atoms in total. The zero-order chi connectivity index (χ0) is 19.6. The molecule has 2 aromatic rings. The predicted octanol–water partition coefficient (Wildman–Crippen LogP) is 3.86. The molecule has 0 saturated carbocycles. The summed E-state index contributed by atoms with van der Waals surface area (Å²) in [6.07, 6.45) is 0.635. The Labute approximate surface area is 163 Å². The lowest BCUT2D eigenvalue weighted by molar-refractivity contribution is -0.147.